The molecule has 1 aliphatic rings. The van der Waals surface area contributed by atoms with E-state index in [-0.39, 0.29) is 18.4 Å². The second kappa shape index (κ2) is 8.15. The molecule has 2 aromatic rings. The van der Waals surface area contributed by atoms with E-state index in [0.29, 0.717) is 31.5 Å². The van der Waals surface area contributed by atoms with Crippen LogP contribution in [0.2, 0.25) is 0 Å². The Labute approximate surface area is 157 Å². The maximum Gasteiger partial charge on any atom is 0.416 e. The van der Waals surface area contributed by atoms with Crippen LogP contribution in [-0.4, -0.2) is 33.7 Å². The fourth-order valence-electron chi connectivity index (χ4n) is 3.69. The van der Waals surface area contributed by atoms with Crippen LogP contribution in [0.5, 0.6) is 0 Å². The molecular formula is C20H24F3N3O. The van der Waals surface area contributed by atoms with Crippen molar-refractivity contribution in [2.75, 3.05) is 13.1 Å². The Morgan fingerprint density at radius 2 is 2.04 bits per heavy atom. The molecule has 0 radical (unpaired) electrons. The van der Waals surface area contributed by atoms with Crippen molar-refractivity contribution in [3.05, 3.63) is 53.3 Å². The van der Waals surface area contributed by atoms with Gasteiger partial charge in [0.1, 0.15) is 6.54 Å². The van der Waals surface area contributed by atoms with Gasteiger partial charge >= 0.3 is 6.18 Å². The maximum absolute atomic E-state index is 13.1. The standard InChI is InChI=1S/C20H24F3N3O/c1-15-10-11-24-26(15)14-19(27)25-12-4-5-16(13-25)8-9-17-6-2-3-7-18(17)20(21,22)23/h2-3,6-7,10-11,16H,4-5,8-9,12-14H2,1H3/t16-/m1/s1. The van der Waals surface area contributed by atoms with Gasteiger partial charge in [-0.25, -0.2) is 0 Å². The summed E-state index contributed by atoms with van der Waals surface area (Å²) in [6, 6.07) is 7.61. The number of halogens is 3. The van der Waals surface area contributed by atoms with Crippen molar-refractivity contribution in [3.63, 3.8) is 0 Å². The summed E-state index contributed by atoms with van der Waals surface area (Å²) in [7, 11) is 0. The summed E-state index contributed by atoms with van der Waals surface area (Å²) >= 11 is 0. The first kappa shape index (κ1) is 19.5. The van der Waals surface area contributed by atoms with E-state index >= 15 is 0 Å². The fraction of sp³-hybridized carbons (Fsp3) is 0.500. The van der Waals surface area contributed by atoms with Gasteiger partial charge in [-0.2, -0.15) is 18.3 Å². The van der Waals surface area contributed by atoms with Gasteiger partial charge in [0.2, 0.25) is 5.91 Å². The molecule has 4 nitrogen and oxygen atoms in total. The van der Waals surface area contributed by atoms with Gasteiger partial charge < -0.3 is 4.90 Å². The van der Waals surface area contributed by atoms with Crippen molar-refractivity contribution in [1.82, 2.24) is 14.7 Å². The lowest BCUT2D eigenvalue weighted by Crippen LogP contribution is -2.41. The van der Waals surface area contributed by atoms with Crippen molar-refractivity contribution in [2.24, 2.45) is 5.92 Å². The van der Waals surface area contributed by atoms with Crippen LogP contribution in [0.25, 0.3) is 0 Å². The van der Waals surface area contributed by atoms with Crippen molar-refractivity contribution in [3.8, 4) is 0 Å². The van der Waals surface area contributed by atoms with Crippen molar-refractivity contribution >= 4 is 5.91 Å². The van der Waals surface area contributed by atoms with E-state index in [0.717, 1.165) is 24.6 Å². The zero-order chi connectivity index (χ0) is 19.4. The third kappa shape index (κ3) is 4.90. The van der Waals surface area contributed by atoms with Crippen molar-refractivity contribution in [1.29, 1.82) is 0 Å². The Kier molecular flexibility index (Phi) is 5.87. The number of rotatable bonds is 5. The molecule has 0 aliphatic carbocycles. The first-order valence-electron chi connectivity index (χ1n) is 9.26. The molecule has 1 aromatic carbocycles. The zero-order valence-corrected chi connectivity index (χ0v) is 15.4. The summed E-state index contributed by atoms with van der Waals surface area (Å²) in [6.45, 7) is 3.42. The van der Waals surface area contributed by atoms with E-state index in [9.17, 15) is 18.0 Å². The number of hydrogen-bond acceptors (Lipinski definition) is 2. The molecule has 1 fully saturated rings. The van der Waals surface area contributed by atoms with E-state index in [1.54, 1.807) is 23.0 Å². The van der Waals surface area contributed by atoms with Crippen LogP contribution >= 0.6 is 0 Å². The topological polar surface area (TPSA) is 38.1 Å². The summed E-state index contributed by atoms with van der Waals surface area (Å²) in [5.74, 6) is 0.241. The zero-order valence-electron chi connectivity index (χ0n) is 15.4. The van der Waals surface area contributed by atoms with Gasteiger partial charge in [0, 0.05) is 25.0 Å². The number of amides is 1. The minimum absolute atomic E-state index is 0.0159. The molecule has 27 heavy (non-hydrogen) atoms. The van der Waals surface area contributed by atoms with Crippen molar-refractivity contribution < 1.29 is 18.0 Å². The summed E-state index contributed by atoms with van der Waals surface area (Å²) < 4.78 is 41.1. The van der Waals surface area contributed by atoms with Crippen LogP contribution in [-0.2, 0) is 23.9 Å². The minimum Gasteiger partial charge on any atom is -0.341 e. The van der Waals surface area contributed by atoms with E-state index in [1.165, 1.54) is 6.07 Å². The number of carbonyl (C=O) groups is 1. The third-order valence-electron chi connectivity index (χ3n) is 5.23. The second-order valence-corrected chi connectivity index (χ2v) is 7.17. The molecule has 0 saturated carbocycles. The van der Waals surface area contributed by atoms with Gasteiger partial charge in [0.05, 0.1) is 5.56 Å². The summed E-state index contributed by atoms with van der Waals surface area (Å²) in [4.78, 5) is 14.4. The minimum atomic E-state index is -4.33. The van der Waals surface area contributed by atoms with E-state index in [1.807, 2.05) is 17.9 Å². The first-order valence-corrected chi connectivity index (χ1v) is 9.26. The summed E-state index contributed by atoms with van der Waals surface area (Å²) in [6.07, 6.45) is 0.193. The summed E-state index contributed by atoms with van der Waals surface area (Å²) in [5.41, 5.74) is 0.712. The Morgan fingerprint density at radius 1 is 1.26 bits per heavy atom. The highest BCUT2D eigenvalue weighted by atomic mass is 19.4. The van der Waals surface area contributed by atoms with Gasteiger partial charge in [-0.1, -0.05) is 18.2 Å². The monoisotopic (exact) mass is 379 g/mol. The molecule has 146 valence electrons. The smallest absolute Gasteiger partial charge is 0.341 e. The highest BCUT2D eigenvalue weighted by Crippen LogP contribution is 2.33. The van der Waals surface area contributed by atoms with Crippen LogP contribution in [0.15, 0.2) is 36.5 Å². The molecule has 2 heterocycles. The van der Waals surface area contributed by atoms with Crippen LogP contribution in [0.3, 0.4) is 0 Å². The number of aromatic nitrogens is 2. The number of nitrogens with zero attached hydrogens (tertiary/aromatic N) is 3. The number of hydrogen-bond donors (Lipinski definition) is 0. The lowest BCUT2D eigenvalue weighted by molar-refractivity contribution is -0.138. The maximum atomic E-state index is 13.1. The molecule has 1 saturated heterocycles. The Bertz CT molecular complexity index is 785. The number of benzene rings is 1. The SMILES string of the molecule is Cc1ccnn1CC(=O)N1CCC[C@H](CCc2ccccc2C(F)(F)F)C1. The van der Waals surface area contributed by atoms with Crippen LogP contribution in [0, 0.1) is 12.8 Å². The lowest BCUT2D eigenvalue weighted by Gasteiger charge is -2.33. The second-order valence-electron chi connectivity index (χ2n) is 7.17. The third-order valence-corrected chi connectivity index (χ3v) is 5.23. The van der Waals surface area contributed by atoms with Gasteiger partial charge in [0.15, 0.2) is 0 Å². The van der Waals surface area contributed by atoms with E-state index in [4.69, 9.17) is 0 Å². The summed E-state index contributed by atoms with van der Waals surface area (Å²) in [5, 5.41) is 4.14. The van der Waals surface area contributed by atoms with Crippen molar-refractivity contribution in [2.45, 2.75) is 45.3 Å². The number of piperidine rings is 1. The van der Waals surface area contributed by atoms with Gasteiger partial charge in [0.25, 0.3) is 0 Å². The number of alkyl halides is 3. The molecular weight excluding hydrogens is 355 g/mol. The lowest BCUT2D eigenvalue weighted by atomic mass is 9.90. The van der Waals surface area contributed by atoms with Gasteiger partial charge in [-0.3, -0.25) is 9.48 Å². The van der Waals surface area contributed by atoms with E-state index in [2.05, 4.69) is 5.10 Å². The number of likely N-dealkylation sites (tertiary alicyclic amines) is 1. The Hall–Kier alpha value is -2.31. The highest BCUT2D eigenvalue weighted by Gasteiger charge is 2.33. The molecule has 3 rings (SSSR count). The predicted molar refractivity (Wildman–Crippen MR) is 96.0 cm³/mol. The molecule has 1 aromatic heterocycles. The molecule has 0 unspecified atom stereocenters. The average Bonchev–Trinajstić information content (AvgIpc) is 3.04. The molecule has 0 bridgehead atoms. The quantitative estimate of drug-likeness (QED) is 0.785. The Balaban J connectivity index is 1.58. The predicted octanol–water partition coefficient (Wildman–Crippen LogP) is 4.08. The fourth-order valence-corrected chi connectivity index (χ4v) is 3.69. The van der Waals surface area contributed by atoms with Crippen LogP contribution < -0.4 is 0 Å². The van der Waals surface area contributed by atoms with Crippen LogP contribution in [0.1, 0.15) is 36.1 Å². The average molecular weight is 379 g/mol. The van der Waals surface area contributed by atoms with E-state index < -0.39 is 11.7 Å². The molecule has 1 amide bonds. The first-order chi connectivity index (χ1) is 12.8. The largest absolute Gasteiger partial charge is 0.416 e. The Morgan fingerprint density at radius 3 is 2.74 bits per heavy atom. The van der Waals surface area contributed by atoms with Gasteiger partial charge in [-0.05, 0) is 56.2 Å². The number of carbonyl (C=O) groups excluding carboxylic acids is 1. The molecule has 0 spiro atoms. The highest BCUT2D eigenvalue weighted by molar-refractivity contribution is 5.76. The molecule has 1 aliphatic heterocycles. The van der Waals surface area contributed by atoms with Gasteiger partial charge in [-0.15, -0.1) is 0 Å². The van der Waals surface area contributed by atoms with Crippen LogP contribution in [0.4, 0.5) is 13.2 Å². The number of aryl methyl sites for hydroxylation is 2. The molecule has 1 atom stereocenters. The normalized spacial score (nSPS) is 17.9. The molecule has 0 N–H and O–H groups in total. The molecule has 7 heteroatoms.